The smallest absolute Gasteiger partial charge is 0.348 e. The summed E-state index contributed by atoms with van der Waals surface area (Å²) >= 11 is 0. The first-order chi connectivity index (χ1) is 10.8. The molecule has 1 fully saturated rings. The number of amides is 1. The molecule has 136 valence electrons. The topological polar surface area (TPSA) is 88.0 Å². The van der Waals surface area contributed by atoms with Crippen LogP contribution in [0.2, 0.25) is 0 Å². The van der Waals surface area contributed by atoms with Crippen LogP contribution in [0.15, 0.2) is 16.9 Å². The highest BCUT2D eigenvalue weighted by Gasteiger charge is 2.32. The van der Waals surface area contributed by atoms with Crippen LogP contribution in [0, 0.1) is 5.92 Å². The van der Waals surface area contributed by atoms with Gasteiger partial charge in [0.25, 0.3) is 11.5 Å². The summed E-state index contributed by atoms with van der Waals surface area (Å²) in [5.41, 5.74) is 3.12. The Morgan fingerprint density at radius 1 is 1.29 bits per heavy atom. The van der Waals surface area contributed by atoms with Crippen molar-refractivity contribution in [3.8, 4) is 0 Å². The summed E-state index contributed by atoms with van der Waals surface area (Å²) in [5, 5.41) is 2.69. The first-order valence-electron chi connectivity index (χ1n) is 7.64. The van der Waals surface area contributed by atoms with Gasteiger partial charge in [-0.25, -0.2) is 0 Å². The molecule has 24 heavy (non-hydrogen) atoms. The van der Waals surface area contributed by atoms with Gasteiger partial charge in [0.2, 0.25) is 0 Å². The summed E-state index contributed by atoms with van der Waals surface area (Å²) in [6.07, 6.45) is 0.531. The summed E-state index contributed by atoms with van der Waals surface area (Å²) in [5.74, 6) is -0.452. The maximum atomic E-state index is 12.5. The standard InChI is InChI=1S/C15H20F3N3O2.ClH/c16-15(17,18)12-7-6-10(14(23)21-12)13(22)20-11(8-19)9-4-2-1-3-5-9;/h6-7,9,11H,1-5,8,19H2,(H,20,22)(H,21,23);1H. The first-order valence-corrected chi connectivity index (χ1v) is 7.64. The van der Waals surface area contributed by atoms with Crippen molar-refractivity contribution >= 4 is 18.3 Å². The van der Waals surface area contributed by atoms with E-state index in [1.54, 1.807) is 4.98 Å². The molecule has 0 radical (unpaired) electrons. The number of hydrogen-bond donors (Lipinski definition) is 3. The lowest BCUT2D eigenvalue weighted by Gasteiger charge is -2.30. The molecule has 9 heteroatoms. The Labute approximate surface area is 143 Å². The minimum atomic E-state index is -4.66. The van der Waals surface area contributed by atoms with E-state index >= 15 is 0 Å². The van der Waals surface area contributed by atoms with Crippen LogP contribution in [0.4, 0.5) is 13.2 Å². The highest BCUT2D eigenvalue weighted by molar-refractivity contribution is 5.94. The number of aromatic amines is 1. The summed E-state index contributed by atoms with van der Waals surface area (Å²) in [4.78, 5) is 25.6. The zero-order chi connectivity index (χ0) is 17.0. The maximum absolute atomic E-state index is 12.5. The SMILES string of the molecule is Cl.NCC(NC(=O)c1ccc(C(F)(F)F)[nH]c1=O)C1CCCCC1. The minimum Gasteiger partial charge on any atom is -0.348 e. The number of rotatable bonds is 4. The molecule has 0 spiro atoms. The van der Waals surface area contributed by atoms with Gasteiger partial charge in [0.05, 0.1) is 0 Å². The minimum absolute atomic E-state index is 0. The first kappa shape index (κ1) is 20.5. The van der Waals surface area contributed by atoms with Crippen LogP contribution in [0.5, 0.6) is 0 Å². The predicted molar refractivity (Wildman–Crippen MR) is 86.2 cm³/mol. The highest BCUT2D eigenvalue weighted by atomic mass is 35.5. The Balaban J connectivity index is 0.00000288. The molecule has 0 aliphatic heterocycles. The van der Waals surface area contributed by atoms with Crippen molar-refractivity contribution in [2.45, 2.75) is 44.3 Å². The van der Waals surface area contributed by atoms with Crippen LogP contribution >= 0.6 is 12.4 Å². The van der Waals surface area contributed by atoms with Crippen molar-refractivity contribution in [1.82, 2.24) is 10.3 Å². The summed E-state index contributed by atoms with van der Waals surface area (Å²) in [6, 6.07) is 1.31. The molecule has 1 amide bonds. The number of nitrogens with one attached hydrogen (secondary N) is 2. The average molecular weight is 368 g/mol. The molecule has 1 saturated carbocycles. The van der Waals surface area contributed by atoms with Gasteiger partial charge in [-0.05, 0) is 30.9 Å². The van der Waals surface area contributed by atoms with E-state index in [9.17, 15) is 22.8 Å². The molecular weight excluding hydrogens is 347 g/mol. The highest BCUT2D eigenvalue weighted by Crippen LogP contribution is 2.27. The van der Waals surface area contributed by atoms with Gasteiger partial charge in [-0.15, -0.1) is 12.4 Å². The van der Waals surface area contributed by atoms with E-state index < -0.39 is 23.3 Å². The largest absolute Gasteiger partial charge is 0.431 e. The van der Waals surface area contributed by atoms with E-state index in [1.165, 1.54) is 0 Å². The second-order valence-electron chi connectivity index (χ2n) is 5.83. The number of pyridine rings is 1. The lowest BCUT2D eigenvalue weighted by Crippen LogP contribution is -2.47. The van der Waals surface area contributed by atoms with E-state index in [0.717, 1.165) is 38.2 Å². The number of carbonyl (C=O) groups is 1. The van der Waals surface area contributed by atoms with Crippen LogP contribution in [0.3, 0.4) is 0 Å². The number of halogens is 4. The van der Waals surface area contributed by atoms with Crippen LogP contribution in [0.1, 0.15) is 48.2 Å². The number of H-pyrrole nitrogens is 1. The van der Waals surface area contributed by atoms with Crippen molar-refractivity contribution < 1.29 is 18.0 Å². The molecule has 1 atom stereocenters. The van der Waals surface area contributed by atoms with E-state index in [1.807, 2.05) is 0 Å². The molecule has 0 bridgehead atoms. The van der Waals surface area contributed by atoms with Gasteiger partial charge in [-0.1, -0.05) is 19.3 Å². The number of carbonyl (C=O) groups excluding carboxylic acids is 1. The van der Waals surface area contributed by atoms with Gasteiger partial charge in [0, 0.05) is 12.6 Å². The quantitative estimate of drug-likeness (QED) is 0.763. The fraction of sp³-hybridized carbons (Fsp3) is 0.600. The third kappa shape index (κ3) is 4.98. The molecule has 0 saturated heterocycles. The van der Waals surface area contributed by atoms with Crippen LogP contribution < -0.4 is 16.6 Å². The van der Waals surface area contributed by atoms with Crippen molar-refractivity contribution in [2.24, 2.45) is 11.7 Å². The second kappa shape index (κ2) is 8.53. The molecule has 1 unspecified atom stereocenters. The van der Waals surface area contributed by atoms with Crippen LogP contribution in [0.25, 0.3) is 0 Å². The van der Waals surface area contributed by atoms with Crippen LogP contribution in [-0.4, -0.2) is 23.5 Å². The molecule has 1 heterocycles. The zero-order valence-corrected chi connectivity index (χ0v) is 13.8. The Hall–Kier alpha value is -1.54. The molecule has 1 aromatic rings. The summed E-state index contributed by atoms with van der Waals surface area (Å²) < 4.78 is 37.6. The molecule has 5 nitrogen and oxygen atoms in total. The third-order valence-corrected chi connectivity index (χ3v) is 4.25. The Morgan fingerprint density at radius 2 is 1.92 bits per heavy atom. The van der Waals surface area contributed by atoms with E-state index in [4.69, 9.17) is 5.73 Å². The fourth-order valence-corrected chi connectivity index (χ4v) is 2.97. The molecule has 0 aromatic carbocycles. The van der Waals surface area contributed by atoms with Crippen LogP contribution in [-0.2, 0) is 6.18 Å². The van der Waals surface area contributed by atoms with Gasteiger partial charge >= 0.3 is 6.18 Å². The van der Waals surface area contributed by atoms with E-state index in [0.29, 0.717) is 6.07 Å². The van der Waals surface area contributed by atoms with E-state index in [2.05, 4.69) is 5.32 Å². The molecule has 4 N–H and O–H groups in total. The summed E-state index contributed by atoms with van der Waals surface area (Å²) in [7, 11) is 0. The van der Waals surface area contributed by atoms with Crippen molar-refractivity contribution in [3.63, 3.8) is 0 Å². The third-order valence-electron chi connectivity index (χ3n) is 4.25. The number of hydrogen-bond acceptors (Lipinski definition) is 3. The second-order valence-corrected chi connectivity index (χ2v) is 5.83. The van der Waals surface area contributed by atoms with E-state index in [-0.39, 0.29) is 36.5 Å². The number of aromatic nitrogens is 1. The van der Waals surface area contributed by atoms with Gasteiger partial charge in [0.15, 0.2) is 0 Å². The van der Waals surface area contributed by atoms with Gasteiger partial charge in [-0.3, -0.25) is 9.59 Å². The Bertz CT molecular complexity index is 613. The van der Waals surface area contributed by atoms with Gasteiger partial charge in [-0.2, -0.15) is 13.2 Å². The fourth-order valence-electron chi connectivity index (χ4n) is 2.97. The zero-order valence-electron chi connectivity index (χ0n) is 13.0. The molecular formula is C15H21ClF3N3O2. The molecule has 1 aliphatic carbocycles. The maximum Gasteiger partial charge on any atom is 0.431 e. The lowest BCUT2D eigenvalue weighted by molar-refractivity contribution is -0.141. The van der Waals surface area contributed by atoms with Crippen molar-refractivity contribution in [2.75, 3.05) is 6.54 Å². The molecule has 2 rings (SSSR count). The molecule has 1 aromatic heterocycles. The Kier molecular flexibility index (Phi) is 7.28. The lowest BCUT2D eigenvalue weighted by atomic mass is 9.84. The number of alkyl halides is 3. The van der Waals surface area contributed by atoms with Gasteiger partial charge in [0.1, 0.15) is 11.3 Å². The van der Waals surface area contributed by atoms with Crippen molar-refractivity contribution in [3.05, 3.63) is 33.7 Å². The Morgan fingerprint density at radius 3 is 2.42 bits per heavy atom. The van der Waals surface area contributed by atoms with Crippen molar-refractivity contribution in [1.29, 1.82) is 0 Å². The summed E-state index contributed by atoms with van der Waals surface area (Å²) in [6.45, 7) is 0.231. The monoisotopic (exact) mass is 367 g/mol. The normalized spacial score (nSPS) is 17.0. The number of nitrogens with two attached hydrogens (primary N) is 1. The predicted octanol–water partition coefficient (Wildman–Crippen LogP) is 2.45. The van der Waals surface area contributed by atoms with Gasteiger partial charge < -0.3 is 16.0 Å². The average Bonchev–Trinajstić information content (AvgIpc) is 2.52. The molecule has 1 aliphatic rings.